The third-order valence-electron chi connectivity index (χ3n) is 5.00. The Morgan fingerprint density at radius 3 is 2.32 bits per heavy atom. The number of nitrogens with one attached hydrogen (secondary N) is 1. The standard InChI is InChI=1S/C15H26N2O2/c1-6-11-12(18)16-15(5,7-2)13(19)17(11)14(3,4)10-8-9-10/h10-11H,6-9H2,1-5H3,(H,16,18). The second-order valence-corrected chi connectivity index (χ2v) is 6.70. The van der Waals surface area contributed by atoms with Gasteiger partial charge in [0.2, 0.25) is 11.8 Å². The van der Waals surface area contributed by atoms with Crippen molar-refractivity contribution < 1.29 is 9.59 Å². The first-order valence-electron chi connectivity index (χ1n) is 7.43. The van der Waals surface area contributed by atoms with E-state index in [1.54, 1.807) is 0 Å². The zero-order chi connectivity index (χ0) is 14.4. The molecule has 4 heteroatoms. The molecule has 1 heterocycles. The smallest absolute Gasteiger partial charge is 0.249 e. The van der Waals surface area contributed by atoms with E-state index in [-0.39, 0.29) is 23.4 Å². The molecule has 108 valence electrons. The van der Waals surface area contributed by atoms with E-state index in [1.807, 2.05) is 25.7 Å². The van der Waals surface area contributed by atoms with Gasteiger partial charge in [-0.1, -0.05) is 13.8 Å². The molecule has 19 heavy (non-hydrogen) atoms. The molecule has 1 N–H and O–H groups in total. The van der Waals surface area contributed by atoms with Gasteiger partial charge in [-0.05, 0) is 52.4 Å². The number of carbonyl (C=O) groups is 2. The van der Waals surface area contributed by atoms with Crippen LogP contribution in [0.4, 0.5) is 0 Å². The number of piperazine rings is 1. The lowest BCUT2D eigenvalue weighted by Crippen LogP contribution is -2.73. The van der Waals surface area contributed by atoms with Crippen LogP contribution in [0.25, 0.3) is 0 Å². The Morgan fingerprint density at radius 2 is 1.89 bits per heavy atom. The minimum absolute atomic E-state index is 0.000162. The van der Waals surface area contributed by atoms with Gasteiger partial charge in [0.15, 0.2) is 0 Å². The van der Waals surface area contributed by atoms with Crippen molar-refractivity contribution in [3.63, 3.8) is 0 Å². The number of hydrogen-bond acceptors (Lipinski definition) is 2. The molecule has 2 atom stereocenters. The zero-order valence-electron chi connectivity index (χ0n) is 12.7. The molecule has 2 aliphatic rings. The lowest BCUT2D eigenvalue weighted by atomic mass is 9.85. The maximum absolute atomic E-state index is 12.9. The molecule has 2 rings (SSSR count). The minimum Gasteiger partial charge on any atom is -0.340 e. The van der Waals surface area contributed by atoms with Gasteiger partial charge in [-0.2, -0.15) is 0 Å². The Bertz CT molecular complexity index is 401. The van der Waals surface area contributed by atoms with Crippen molar-refractivity contribution in [3.05, 3.63) is 0 Å². The van der Waals surface area contributed by atoms with E-state index in [0.717, 1.165) is 12.8 Å². The molecule has 2 fully saturated rings. The Morgan fingerprint density at radius 1 is 1.32 bits per heavy atom. The van der Waals surface area contributed by atoms with Gasteiger partial charge >= 0.3 is 0 Å². The number of hydrogen-bond donors (Lipinski definition) is 1. The molecule has 0 spiro atoms. The quantitative estimate of drug-likeness (QED) is 0.847. The minimum atomic E-state index is -0.741. The lowest BCUT2D eigenvalue weighted by molar-refractivity contribution is -0.162. The van der Waals surface area contributed by atoms with Gasteiger partial charge in [-0.25, -0.2) is 0 Å². The fourth-order valence-electron chi connectivity index (χ4n) is 3.19. The second-order valence-electron chi connectivity index (χ2n) is 6.70. The largest absolute Gasteiger partial charge is 0.340 e. The molecule has 0 bridgehead atoms. The van der Waals surface area contributed by atoms with Gasteiger partial charge in [0.1, 0.15) is 11.6 Å². The van der Waals surface area contributed by atoms with Crippen LogP contribution in [0, 0.1) is 5.92 Å². The topological polar surface area (TPSA) is 49.4 Å². The number of amides is 2. The third-order valence-corrected chi connectivity index (χ3v) is 5.00. The fourth-order valence-corrected chi connectivity index (χ4v) is 3.19. The van der Waals surface area contributed by atoms with Gasteiger partial charge in [0.05, 0.1) is 0 Å². The molecule has 2 unspecified atom stereocenters. The van der Waals surface area contributed by atoms with Gasteiger partial charge in [-0.3, -0.25) is 9.59 Å². The normalized spacial score (nSPS) is 32.5. The van der Waals surface area contributed by atoms with Gasteiger partial charge < -0.3 is 10.2 Å². The van der Waals surface area contributed by atoms with Crippen LogP contribution in [0.5, 0.6) is 0 Å². The summed E-state index contributed by atoms with van der Waals surface area (Å²) < 4.78 is 0. The van der Waals surface area contributed by atoms with E-state index < -0.39 is 5.54 Å². The molecule has 0 aromatic heterocycles. The molecular formula is C15H26N2O2. The summed E-state index contributed by atoms with van der Waals surface area (Å²) in [7, 11) is 0. The molecule has 1 saturated heterocycles. The van der Waals surface area contributed by atoms with E-state index in [4.69, 9.17) is 0 Å². The number of nitrogens with zero attached hydrogens (tertiary/aromatic N) is 1. The highest BCUT2D eigenvalue weighted by atomic mass is 16.2. The summed E-state index contributed by atoms with van der Waals surface area (Å²) in [6, 6.07) is -0.317. The SMILES string of the molecule is CCC1C(=O)NC(C)(CC)C(=O)N1C(C)(C)C1CC1. The predicted molar refractivity (Wildman–Crippen MR) is 74.6 cm³/mol. The van der Waals surface area contributed by atoms with Crippen molar-refractivity contribution in [2.24, 2.45) is 5.92 Å². The van der Waals surface area contributed by atoms with Crippen LogP contribution in [0.15, 0.2) is 0 Å². The number of carbonyl (C=O) groups excluding carboxylic acids is 2. The Hall–Kier alpha value is -1.06. The third kappa shape index (κ3) is 2.15. The first-order chi connectivity index (χ1) is 8.78. The van der Waals surface area contributed by atoms with Crippen LogP contribution < -0.4 is 5.32 Å². The van der Waals surface area contributed by atoms with E-state index in [9.17, 15) is 9.59 Å². The first-order valence-corrected chi connectivity index (χ1v) is 7.43. The van der Waals surface area contributed by atoms with E-state index in [2.05, 4.69) is 19.2 Å². The Balaban J connectivity index is 2.39. The maximum atomic E-state index is 12.9. The van der Waals surface area contributed by atoms with Crippen molar-refractivity contribution in [2.75, 3.05) is 0 Å². The van der Waals surface area contributed by atoms with Crippen molar-refractivity contribution in [3.8, 4) is 0 Å². The zero-order valence-corrected chi connectivity index (χ0v) is 12.7. The molecule has 0 radical (unpaired) electrons. The van der Waals surface area contributed by atoms with E-state index >= 15 is 0 Å². The Labute approximate surface area is 115 Å². The molecule has 0 aromatic carbocycles. The second kappa shape index (κ2) is 4.50. The average Bonchev–Trinajstić information content (AvgIpc) is 3.17. The summed E-state index contributed by atoms with van der Waals surface area (Å²) in [5.74, 6) is 0.621. The van der Waals surface area contributed by atoms with Crippen molar-refractivity contribution in [1.29, 1.82) is 0 Å². The van der Waals surface area contributed by atoms with Gasteiger partial charge in [0, 0.05) is 5.54 Å². The van der Waals surface area contributed by atoms with Crippen LogP contribution in [-0.4, -0.2) is 33.8 Å². The molecular weight excluding hydrogens is 240 g/mol. The monoisotopic (exact) mass is 266 g/mol. The van der Waals surface area contributed by atoms with Crippen molar-refractivity contribution in [1.82, 2.24) is 10.2 Å². The van der Waals surface area contributed by atoms with Crippen LogP contribution in [0.1, 0.15) is 60.3 Å². The van der Waals surface area contributed by atoms with E-state index in [0.29, 0.717) is 18.8 Å². The summed E-state index contributed by atoms with van der Waals surface area (Å²) in [6.07, 6.45) is 3.63. The molecule has 2 amide bonds. The summed E-state index contributed by atoms with van der Waals surface area (Å²) in [5, 5.41) is 2.92. The fraction of sp³-hybridized carbons (Fsp3) is 0.867. The van der Waals surface area contributed by atoms with Gasteiger partial charge in [0.25, 0.3) is 0 Å². The highest BCUT2D eigenvalue weighted by Crippen LogP contribution is 2.45. The Kier molecular flexibility index (Phi) is 3.40. The highest BCUT2D eigenvalue weighted by Gasteiger charge is 2.54. The van der Waals surface area contributed by atoms with Gasteiger partial charge in [-0.15, -0.1) is 0 Å². The van der Waals surface area contributed by atoms with E-state index in [1.165, 1.54) is 0 Å². The highest BCUT2D eigenvalue weighted by molar-refractivity contribution is 6.00. The summed E-state index contributed by atoms with van der Waals surface area (Å²) >= 11 is 0. The molecule has 1 saturated carbocycles. The summed E-state index contributed by atoms with van der Waals surface area (Å²) in [4.78, 5) is 27.1. The summed E-state index contributed by atoms with van der Waals surface area (Å²) in [6.45, 7) is 9.99. The maximum Gasteiger partial charge on any atom is 0.249 e. The lowest BCUT2D eigenvalue weighted by Gasteiger charge is -2.51. The van der Waals surface area contributed by atoms with Crippen LogP contribution in [0.2, 0.25) is 0 Å². The summed E-state index contributed by atoms with van der Waals surface area (Å²) in [5.41, 5.74) is -0.957. The van der Waals surface area contributed by atoms with Crippen molar-refractivity contribution >= 4 is 11.8 Å². The van der Waals surface area contributed by atoms with Crippen LogP contribution in [0.3, 0.4) is 0 Å². The average molecular weight is 266 g/mol. The molecule has 0 aromatic rings. The predicted octanol–water partition coefficient (Wildman–Crippen LogP) is 2.08. The number of rotatable bonds is 4. The van der Waals surface area contributed by atoms with Crippen LogP contribution in [-0.2, 0) is 9.59 Å². The molecule has 1 aliphatic carbocycles. The molecule has 4 nitrogen and oxygen atoms in total. The first kappa shape index (κ1) is 14.4. The van der Waals surface area contributed by atoms with Crippen molar-refractivity contribution in [2.45, 2.75) is 77.4 Å². The van der Waals surface area contributed by atoms with Crippen LogP contribution >= 0.6 is 0 Å². The molecule has 1 aliphatic heterocycles.